The minimum Gasteiger partial charge on any atom is -0.477 e. The Balaban J connectivity index is 2.37. The standard InChI is InChI=1S/C18H14F3N3O3S/c1-8-12(14-9(2)28-17(22)23-14)7-13(16(26)27)15(25)24(8)11-5-3-4-10(6-11)18(19,20)21/h3-7H,1-2H3,(H2,22,23)(H,26,27). The number of anilines is 1. The lowest BCUT2D eigenvalue weighted by Gasteiger charge is -2.16. The number of hydrogen-bond acceptors (Lipinski definition) is 5. The smallest absolute Gasteiger partial charge is 0.416 e. The number of alkyl halides is 3. The Morgan fingerprint density at radius 1 is 1.25 bits per heavy atom. The summed E-state index contributed by atoms with van der Waals surface area (Å²) in [6.45, 7) is 3.24. The second kappa shape index (κ2) is 6.79. The third-order valence-electron chi connectivity index (χ3n) is 4.18. The highest BCUT2D eigenvalue weighted by Crippen LogP contribution is 2.33. The van der Waals surface area contributed by atoms with E-state index in [0.29, 0.717) is 16.1 Å². The van der Waals surface area contributed by atoms with Gasteiger partial charge in [0.25, 0.3) is 5.56 Å². The van der Waals surface area contributed by atoms with Crippen LogP contribution in [-0.2, 0) is 6.18 Å². The molecule has 2 heterocycles. The molecule has 1 aromatic carbocycles. The van der Waals surface area contributed by atoms with Gasteiger partial charge in [-0.15, -0.1) is 11.3 Å². The Labute approximate surface area is 160 Å². The van der Waals surface area contributed by atoms with Crippen molar-refractivity contribution in [3.63, 3.8) is 0 Å². The van der Waals surface area contributed by atoms with Crippen molar-refractivity contribution in [2.45, 2.75) is 20.0 Å². The number of aromatic carboxylic acids is 1. The van der Waals surface area contributed by atoms with Crippen molar-refractivity contribution in [2.75, 3.05) is 5.73 Å². The number of aromatic nitrogens is 2. The molecule has 0 saturated heterocycles. The predicted molar refractivity (Wildman–Crippen MR) is 99.0 cm³/mol. The fourth-order valence-corrected chi connectivity index (χ4v) is 3.60. The van der Waals surface area contributed by atoms with Gasteiger partial charge in [0.15, 0.2) is 5.13 Å². The maximum absolute atomic E-state index is 13.1. The van der Waals surface area contributed by atoms with Gasteiger partial charge in [0.2, 0.25) is 0 Å². The number of carboxylic acids is 1. The van der Waals surface area contributed by atoms with Gasteiger partial charge in [-0.2, -0.15) is 13.2 Å². The Bertz CT molecular complexity index is 1150. The van der Waals surface area contributed by atoms with Gasteiger partial charge in [-0.25, -0.2) is 9.78 Å². The Kier molecular flexibility index (Phi) is 4.76. The summed E-state index contributed by atoms with van der Waals surface area (Å²) in [4.78, 5) is 29.2. The number of nitrogens with zero attached hydrogens (tertiary/aromatic N) is 2. The van der Waals surface area contributed by atoms with Gasteiger partial charge >= 0.3 is 12.1 Å². The van der Waals surface area contributed by atoms with E-state index in [-0.39, 0.29) is 16.5 Å². The van der Waals surface area contributed by atoms with Crippen LogP contribution >= 0.6 is 11.3 Å². The van der Waals surface area contributed by atoms with E-state index in [1.807, 2.05) is 0 Å². The second-order valence-corrected chi connectivity index (χ2v) is 7.24. The van der Waals surface area contributed by atoms with Crippen LogP contribution in [0, 0.1) is 13.8 Å². The molecule has 0 amide bonds. The molecule has 0 radical (unpaired) electrons. The summed E-state index contributed by atoms with van der Waals surface area (Å²) in [6, 6.07) is 5.30. The Morgan fingerprint density at radius 3 is 2.46 bits per heavy atom. The molecule has 0 atom stereocenters. The molecule has 3 aromatic rings. The van der Waals surface area contributed by atoms with Gasteiger partial charge in [-0.05, 0) is 38.1 Å². The monoisotopic (exact) mass is 409 g/mol. The topological polar surface area (TPSA) is 98.2 Å². The lowest BCUT2D eigenvalue weighted by Crippen LogP contribution is -2.27. The van der Waals surface area contributed by atoms with Crippen molar-refractivity contribution in [3.05, 3.63) is 62.4 Å². The number of carboxylic acid groups (broad SMARTS) is 1. The molecule has 146 valence electrons. The van der Waals surface area contributed by atoms with Gasteiger partial charge in [0.05, 0.1) is 11.3 Å². The van der Waals surface area contributed by atoms with E-state index in [1.54, 1.807) is 6.92 Å². The Hall–Kier alpha value is -3.14. The quantitative estimate of drug-likeness (QED) is 0.684. The molecular weight excluding hydrogens is 395 g/mol. The van der Waals surface area contributed by atoms with Gasteiger partial charge in [0, 0.05) is 21.8 Å². The molecule has 3 N–H and O–H groups in total. The summed E-state index contributed by atoms with van der Waals surface area (Å²) in [5.74, 6) is -1.49. The van der Waals surface area contributed by atoms with Crippen molar-refractivity contribution in [1.29, 1.82) is 0 Å². The highest BCUT2D eigenvalue weighted by atomic mass is 32.1. The molecule has 0 bridgehead atoms. The van der Waals surface area contributed by atoms with Gasteiger partial charge < -0.3 is 10.8 Å². The van der Waals surface area contributed by atoms with Crippen LogP contribution in [-0.4, -0.2) is 20.6 Å². The maximum Gasteiger partial charge on any atom is 0.416 e. The van der Waals surface area contributed by atoms with E-state index in [1.165, 1.54) is 30.4 Å². The van der Waals surface area contributed by atoms with Crippen LogP contribution in [0.15, 0.2) is 35.1 Å². The van der Waals surface area contributed by atoms with Gasteiger partial charge in [-0.3, -0.25) is 9.36 Å². The number of nitrogen functional groups attached to an aromatic ring is 1. The summed E-state index contributed by atoms with van der Waals surface area (Å²) in [6.07, 6.45) is -4.61. The number of thiazole rings is 1. The van der Waals surface area contributed by atoms with Crippen molar-refractivity contribution in [2.24, 2.45) is 0 Å². The van der Waals surface area contributed by atoms with Crippen molar-refractivity contribution < 1.29 is 23.1 Å². The largest absolute Gasteiger partial charge is 0.477 e. The zero-order valence-corrected chi connectivity index (χ0v) is 15.5. The van der Waals surface area contributed by atoms with Gasteiger partial charge in [0.1, 0.15) is 5.56 Å². The van der Waals surface area contributed by atoms with Crippen LogP contribution in [0.4, 0.5) is 18.3 Å². The molecule has 6 nitrogen and oxygen atoms in total. The van der Waals surface area contributed by atoms with Crippen LogP contribution < -0.4 is 11.3 Å². The van der Waals surface area contributed by atoms with Crippen LogP contribution in [0.1, 0.15) is 26.5 Å². The number of hydrogen-bond donors (Lipinski definition) is 2. The first-order valence-corrected chi connectivity index (χ1v) is 8.73. The van der Waals surface area contributed by atoms with E-state index >= 15 is 0 Å². The summed E-state index contributed by atoms with van der Waals surface area (Å²) >= 11 is 1.18. The van der Waals surface area contributed by atoms with Crippen molar-refractivity contribution >= 4 is 22.4 Å². The minimum atomic E-state index is -4.61. The summed E-state index contributed by atoms with van der Waals surface area (Å²) in [5, 5.41) is 9.67. The zero-order chi connectivity index (χ0) is 20.8. The van der Waals surface area contributed by atoms with E-state index < -0.39 is 28.8 Å². The zero-order valence-electron chi connectivity index (χ0n) is 14.7. The average Bonchev–Trinajstić information content (AvgIpc) is 2.92. The SMILES string of the molecule is Cc1sc(N)nc1-c1cc(C(=O)O)c(=O)n(-c2cccc(C(F)(F)F)c2)c1C. The first-order chi connectivity index (χ1) is 13.0. The molecule has 3 rings (SSSR count). The molecule has 0 unspecified atom stereocenters. The molecule has 2 aromatic heterocycles. The lowest BCUT2D eigenvalue weighted by molar-refractivity contribution is -0.137. The fourth-order valence-electron chi connectivity index (χ4n) is 2.90. The fraction of sp³-hybridized carbons (Fsp3) is 0.167. The number of nitrogens with two attached hydrogens (primary N) is 1. The van der Waals surface area contributed by atoms with Crippen LogP contribution in [0.3, 0.4) is 0 Å². The minimum absolute atomic E-state index is 0.0949. The lowest BCUT2D eigenvalue weighted by atomic mass is 10.1. The summed E-state index contributed by atoms with van der Waals surface area (Å²) < 4.78 is 40.2. The molecule has 0 aliphatic heterocycles. The first kappa shape index (κ1) is 19.6. The summed E-state index contributed by atoms with van der Waals surface area (Å²) in [5.41, 5.74) is 4.08. The van der Waals surface area contributed by atoms with Crippen LogP contribution in [0.2, 0.25) is 0 Å². The first-order valence-electron chi connectivity index (χ1n) is 7.91. The second-order valence-electron chi connectivity index (χ2n) is 6.01. The third-order valence-corrected chi connectivity index (χ3v) is 4.98. The number of halogens is 3. The molecule has 0 aliphatic rings. The number of aryl methyl sites for hydroxylation is 1. The maximum atomic E-state index is 13.1. The normalized spacial score (nSPS) is 11.6. The highest BCUT2D eigenvalue weighted by Gasteiger charge is 2.31. The van der Waals surface area contributed by atoms with Crippen molar-refractivity contribution in [1.82, 2.24) is 9.55 Å². The number of carbonyl (C=O) groups is 1. The van der Waals surface area contributed by atoms with E-state index in [9.17, 15) is 27.9 Å². The van der Waals surface area contributed by atoms with E-state index in [2.05, 4.69) is 4.98 Å². The number of rotatable bonds is 3. The molecule has 10 heteroatoms. The summed E-state index contributed by atoms with van der Waals surface area (Å²) in [7, 11) is 0. The highest BCUT2D eigenvalue weighted by molar-refractivity contribution is 7.15. The molecule has 28 heavy (non-hydrogen) atoms. The number of pyridine rings is 1. The van der Waals surface area contributed by atoms with E-state index in [0.717, 1.165) is 22.8 Å². The van der Waals surface area contributed by atoms with Gasteiger partial charge in [-0.1, -0.05) is 6.07 Å². The van der Waals surface area contributed by atoms with E-state index in [4.69, 9.17) is 5.73 Å². The Morgan fingerprint density at radius 2 is 1.93 bits per heavy atom. The molecule has 0 fully saturated rings. The number of benzene rings is 1. The molecular formula is C18H14F3N3O3S. The van der Waals surface area contributed by atoms with Crippen molar-refractivity contribution in [3.8, 4) is 16.9 Å². The third kappa shape index (κ3) is 3.38. The van der Waals surface area contributed by atoms with Crippen LogP contribution in [0.25, 0.3) is 16.9 Å². The molecule has 0 saturated carbocycles. The van der Waals surface area contributed by atoms with Crippen LogP contribution in [0.5, 0.6) is 0 Å². The predicted octanol–water partition coefficient (Wildman–Crippen LogP) is 3.88. The molecule has 0 aliphatic carbocycles. The molecule has 0 spiro atoms. The average molecular weight is 409 g/mol.